The highest BCUT2D eigenvalue weighted by Gasteiger charge is 2.31. The van der Waals surface area contributed by atoms with E-state index in [4.69, 9.17) is 0 Å². The Labute approximate surface area is 117 Å². The van der Waals surface area contributed by atoms with Crippen molar-refractivity contribution in [2.24, 2.45) is 10.9 Å². The van der Waals surface area contributed by atoms with Gasteiger partial charge in [-0.3, -0.25) is 14.8 Å². The maximum absolute atomic E-state index is 4.29. The van der Waals surface area contributed by atoms with E-state index in [0.717, 1.165) is 25.0 Å². The van der Waals surface area contributed by atoms with Crippen LogP contribution in [0.25, 0.3) is 0 Å². The Morgan fingerprint density at radius 3 is 2.47 bits per heavy atom. The molecule has 3 aliphatic heterocycles. The van der Waals surface area contributed by atoms with Gasteiger partial charge >= 0.3 is 0 Å². The lowest BCUT2D eigenvalue weighted by molar-refractivity contribution is 0.0154. The Morgan fingerprint density at radius 2 is 1.95 bits per heavy atom. The van der Waals surface area contributed by atoms with E-state index in [1.165, 1.54) is 39.1 Å². The van der Waals surface area contributed by atoms with Crippen molar-refractivity contribution in [1.82, 2.24) is 20.4 Å². The molecule has 5 nitrogen and oxygen atoms in total. The molecule has 0 amide bonds. The summed E-state index contributed by atoms with van der Waals surface area (Å²) in [4.78, 5) is 9.47. The molecule has 1 unspecified atom stereocenters. The summed E-state index contributed by atoms with van der Waals surface area (Å²) in [6.07, 6.45) is 1.18. The Balaban J connectivity index is 1.68. The fraction of sp³-hybridized carbons (Fsp3) is 0.929. The van der Waals surface area contributed by atoms with E-state index in [-0.39, 0.29) is 0 Å². The molecule has 1 atom stereocenters. The van der Waals surface area contributed by atoms with Crippen molar-refractivity contribution >= 4 is 5.96 Å². The molecule has 0 spiro atoms. The second-order valence-corrected chi connectivity index (χ2v) is 6.05. The third kappa shape index (κ3) is 4.35. The summed E-state index contributed by atoms with van der Waals surface area (Å²) >= 11 is 0. The quantitative estimate of drug-likeness (QED) is 0.551. The van der Waals surface area contributed by atoms with Gasteiger partial charge in [0.25, 0.3) is 0 Å². The monoisotopic (exact) mass is 267 g/mol. The summed E-state index contributed by atoms with van der Waals surface area (Å²) in [5.74, 6) is 1.68. The molecule has 0 aromatic rings. The molecule has 2 N–H and O–H groups in total. The van der Waals surface area contributed by atoms with Crippen LogP contribution in [-0.4, -0.2) is 74.7 Å². The first-order chi connectivity index (χ1) is 9.19. The molecule has 2 bridgehead atoms. The zero-order valence-electron chi connectivity index (χ0n) is 12.7. The minimum Gasteiger partial charge on any atom is -0.356 e. The first kappa shape index (κ1) is 14.6. The Kier molecular flexibility index (Phi) is 5.45. The molecule has 19 heavy (non-hydrogen) atoms. The number of fused-ring (bicyclic) bond motifs is 3. The van der Waals surface area contributed by atoms with Crippen LogP contribution in [-0.2, 0) is 0 Å². The SMILES string of the molecule is CN=C(NCCC(C)C)NCC1CN2CCN1CC2. The van der Waals surface area contributed by atoms with Gasteiger partial charge < -0.3 is 10.6 Å². The van der Waals surface area contributed by atoms with Gasteiger partial charge in [0, 0.05) is 58.9 Å². The van der Waals surface area contributed by atoms with Crippen molar-refractivity contribution in [3.05, 3.63) is 0 Å². The van der Waals surface area contributed by atoms with E-state index in [1.807, 2.05) is 7.05 Å². The average molecular weight is 267 g/mol. The lowest BCUT2D eigenvalue weighted by atomic mass is 10.1. The minimum atomic E-state index is 0.645. The predicted molar refractivity (Wildman–Crippen MR) is 80.6 cm³/mol. The van der Waals surface area contributed by atoms with Gasteiger partial charge in [0.05, 0.1) is 0 Å². The van der Waals surface area contributed by atoms with Gasteiger partial charge in [-0.1, -0.05) is 13.8 Å². The van der Waals surface area contributed by atoms with E-state index in [1.54, 1.807) is 0 Å². The van der Waals surface area contributed by atoms with Crippen LogP contribution >= 0.6 is 0 Å². The van der Waals surface area contributed by atoms with Gasteiger partial charge in [-0.15, -0.1) is 0 Å². The highest BCUT2D eigenvalue weighted by atomic mass is 15.4. The van der Waals surface area contributed by atoms with Gasteiger partial charge in [-0.25, -0.2) is 0 Å². The van der Waals surface area contributed by atoms with Crippen LogP contribution in [0.5, 0.6) is 0 Å². The second kappa shape index (κ2) is 7.10. The van der Waals surface area contributed by atoms with Gasteiger partial charge in [0.2, 0.25) is 0 Å². The number of rotatable bonds is 5. The molecule has 3 saturated heterocycles. The molecule has 0 radical (unpaired) electrons. The molecule has 0 aromatic heterocycles. The van der Waals surface area contributed by atoms with Crippen LogP contribution in [0, 0.1) is 5.92 Å². The molecule has 3 rings (SSSR count). The molecule has 3 aliphatic rings. The highest BCUT2D eigenvalue weighted by molar-refractivity contribution is 5.79. The third-order valence-electron chi connectivity index (χ3n) is 4.14. The van der Waals surface area contributed by atoms with E-state index >= 15 is 0 Å². The fourth-order valence-electron chi connectivity index (χ4n) is 2.83. The first-order valence-corrected chi connectivity index (χ1v) is 7.60. The van der Waals surface area contributed by atoms with Crippen molar-refractivity contribution in [1.29, 1.82) is 0 Å². The van der Waals surface area contributed by atoms with Crippen LogP contribution in [0.1, 0.15) is 20.3 Å². The van der Waals surface area contributed by atoms with E-state index in [0.29, 0.717) is 6.04 Å². The molecule has 110 valence electrons. The molecule has 0 aromatic carbocycles. The average Bonchev–Trinajstić information content (AvgIpc) is 2.43. The molecular formula is C14H29N5. The zero-order chi connectivity index (χ0) is 13.7. The first-order valence-electron chi connectivity index (χ1n) is 7.60. The maximum atomic E-state index is 4.29. The van der Waals surface area contributed by atoms with Gasteiger partial charge in [-0.05, 0) is 12.3 Å². The number of guanidine groups is 1. The van der Waals surface area contributed by atoms with Crippen molar-refractivity contribution in [3.8, 4) is 0 Å². The molecule has 5 heteroatoms. The van der Waals surface area contributed by atoms with Crippen molar-refractivity contribution in [3.63, 3.8) is 0 Å². The summed E-state index contributed by atoms with van der Waals surface area (Å²) in [6.45, 7) is 12.6. The van der Waals surface area contributed by atoms with Gasteiger partial charge in [0.1, 0.15) is 0 Å². The Hall–Kier alpha value is -0.810. The summed E-state index contributed by atoms with van der Waals surface area (Å²) in [5, 5.41) is 6.86. The maximum Gasteiger partial charge on any atom is 0.191 e. The Morgan fingerprint density at radius 1 is 1.21 bits per heavy atom. The largest absolute Gasteiger partial charge is 0.356 e. The van der Waals surface area contributed by atoms with E-state index in [2.05, 4.69) is 39.3 Å². The molecule has 3 heterocycles. The number of aliphatic imine (C=N–C) groups is 1. The number of hydrogen-bond acceptors (Lipinski definition) is 3. The molecular weight excluding hydrogens is 238 g/mol. The summed E-state index contributed by atoms with van der Waals surface area (Å²) in [5.41, 5.74) is 0. The number of nitrogens with zero attached hydrogens (tertiary/aromatic N) is 3. The van der Waals surface area contributed by atoms with Crippen molar-refractivity contribution in [2.45, 2.75) is 26.3 Å². The van der Waals surface area contributed by atoms with Crippen LogP contribution in [0.3, 0.4) is 0 Å². The summed E-state index contributed by atoms with van der Waals surface area (Å²) in [7, 11) is 1.85. The smallest absolute Gasteiger partial charge is 0.191 e. The highest BCUT2D eigenvalue weighted by Crippen LogP contribution is 2.14. The van der Waals surface area contributed by atoms with Crippen molar-refractivity contribution in [2.75, 3.05) is 52.9 Å². The Bertz CT molecular complexity index is 294. The lowest BCUT2D eigenvalue weighted by Gasteiger charge is -2.47. The number of nitrogens with one attached hydrogen (secondary N) is 2. The summed E-state index contributed by atoms with van der Waals surface area (Å²) < 4.78 is 0. The van der Waals surface area contributed by atoms with Crippen LogP contribution < -0.4 is 10.6 Å². The zero-order valence-corrected chi connectivity index (χ0v) is 12.7. The van der Waals surface area contributed by atoms with E-state index < -0.39 is 0 Å². The molecule has 3 fully saturated rings. The predicted octanol–water partition coefficient (Wildman–Crippen LogP) is 0.197. The lowest BCUT2D eigenvalue weighted by Crippen LogP contribution is -2.63. The number of hydrogen-bond donors (Lipinski definition) is 2. The normalized spacial score (nSPS) is 30.7. The standard InChI is InChI=1S/C14H29N5/c1-12(2)4-5-16-14(15-3)17-10-13-11-18-6-8-19(13)9-7-18/h12-13H,4-11H2,1-3H3,(H2,15,16,17). The molecule has 0 aliphatic carbocycles. The van der Waals surface area contributed by atoms with Crippen LogP contribution in [0.4, 0.5) is 0 Å². The van der Waals surface area contributed by atoms with Crippen LogP contribution in [0.15, 0.2) is 4.99 Å². The summed E-state index contributed by atoms with van der Waals surface area (Å²) in [6, 6.07) is 0.645. The van der Waals surface area contributed by atoms with E-state index in [9.17, 15) is 0 Å². The minimum absolute atomic E-state index is 0.645. The topological polar surface area (TPSA) is 42.9 Å². The van der Waals surface area contributed by atoms with Crippen molar-refractivity contribution < 1.29 is 0 Å². The third-order valence-corrected chi connectivity index (χ3v) is 4.14. The second-order valence-electron chi connectivity index (χ2n) is 6.05. The van der Waals surface area contributed by atoms with Gasteiger partial charge in [0.15, 0.2) is 5.96 Å². The van der Waals surface area contributed by atoms with Gasteiger partial charge in [-0.2, -0.15) is 0 Å². The van der Waals surface area contributed by atoms with Crippen LogP contribution in [0.2, 0.25) is 0 Å². The molecule has 0 saturated carbocycles. The fourth-order valence-corrected chi connectivity index (χ4v) is 2.83. The number of piperazine rings is 3.